The molecule has 0 spiro atoms. The Bertz CT molecular complexity index is 800. The molecule has 0 bridgehead atoms. The van der Waals surface area contributed by atoms with E-state index in [2.05, 4.69) is 15.2 Å². The van der Waals surface area contributed by atoms with Gasteiger partial charge in [-0.2, -0.15) is 4.31 Å². The zero-order valence-electron chi connectivity index (χ0n) is 16.6. The molecule has 3 atom stereocenters. The Morgan fingerprint density at radius 1 is 1.32 bits per heavy atom. The molecule has 1 aromatic rings. The van der Waals surface area contributed by atoms with Crippen molar-refractivity contribution in [3.05, 3.63) is 35.6 Å². The average molecular weight is 413 g/mol. The molecule has 0 amide bonds. The Kier molecular flexibility index (Phi) is 6.57. The fraction of sp³-hybridized carbons (Fsp3) is 0.632. The molecule has 2 aliphatic rings. The number of morpholine rings is 1. The molecule has 2 aliphatic heterocycles. The second kappa shape index (κ2) is 8.75. The Labute approximate surface area is 166 Å². The molecular weight excluding hydrogens is 383 g/mol. The number of nitrogens with zero attached hydrogens (tertiary/aromatic N) is 3. The predicted molar refractivity (Wildman–Crippen MR) is 107 cm³/mol. The number of ether oxygens (including phenoxy) is 1. The maximum Gasteiger partial charge on any atom is 0.211 e. The minimum Gasteiger partial charge on any atom is -0.367 e. The predicted octanol–water partition coefficient (Wildman–Crippen LogP) is 1.59. The Hall–Kier alpha value is -1.71. The van der Waals surface area contributed by atoms with Crippen molar-refractivity contribution in [3.8, 4) is 0 Å². The van der Waals surface area contributed by atoms with Gasteiger partial charge in [0.15, 0.2) is 5.96 Å². The van der Waals surface area contributed by atoms with Crippen molar-refractivity contribution in [3.63, 3.8) is 0 Å². The van der Waals surface area contributed by atoms with Crippen molar-refractivity contribution in [2.75, 3.05) is 39.5 Å². The second-order valence-electron chi connectivity index (χ2n) is 7.49. The number of sulfonamides is 1. The number of hydrogen-bond donors (Lipinski definition) is 1. The van der Waals surface area contributed by atoms with Gasteiger partial charge in [-0.1, -0.05) is 12.1 Å². The minimum absolute atomic E-state index is 0.0126. The van der Waals surface area contributed by atoms with E-state index in [1.807, 2.05) is 6.92 Å². The largest absolute Gasteiger partial charge is 0.367 e. The molecule has 1 aromatic carbocycles. The lowest BCUT2D eigenvalue weighted by atomic mass is 10.1. The van der Waals surface area contributed by atoms with Crippen LogP contribution in [0.2, 0.25) is 0 Å². The van der Waals surface area contributed by atoms with Crippen LogP contribution in [0.5, 0.6) is 0 Å². The van der Waals surface area contributed by atoms with Crippen LogP contribution in [0.4, 0.5) is 4.39 Å². The molecule has 7 nitrogen and oxygen atoms in total. The van der Waals surface area contributed by atoms with E-state index in [9.17, 15) is 12.8 Å². The van der Waals surface area contributed by atoms with E-state index in [4.69, 9.17) is 4.74 Å². The first-order valence-corrected chi connectivity index (χ1v) is 11.5. The Morgan fingerprint density at radius 2 is 2.04 bits per heavy atom. The summed E-state index contributed by atoms with van der Waals surface area (Å²) < 4.78 is 44.7. The summed E-state index contributed by atoms with van der Waals surface area (Å²) in [5.41, 5.74) is 0.924. The Morgan fingerprint density at radius 3 is 2.68 bits per heavy atom. The summed E-state index contributed by atoms with van der Waals surface area (Å²) in [4.78, 5) is 6.50. The molecule has 9 heteroatoms. The quantitative estimate of drug-likeness (QED) is 0.601. The topological polar surface area (TPSA) is 74.2 Å². The highest BCUT2D eigenvalue weighted by molar-refractivity contribution is 7.88. The van der Waals surface area contributed by atoms with Gasteiger partial charge in [-0.15, -0.1) is 0 Å². The molecule has 2 fully saturated rings. The molecule has 0 radical (unpaired) electrons. The van der Waals surface area contributed by atoms with Crippen LogP contribution in [0.25, 0.3) is 0 Å². The van der Waals surface area contributed by atoms with Crippen molar-refractivity contribution in [2.45, 2.75) is 38.0 Å². The van der Waals surface area contributed by atoms with Gasteiger partial charge in [0.1, 0.15) is 11.9 Å². The van der Waals surface area contributed by atoms with Gasteiger partial charge in [-0.25, -0.2) is 12.8 Å². The highest BCUT2D eigenvalue weighted by Crippen LogP contribution is 2.26. The fourth-order valence-electron chi connectivity index (χ4n) is 3.98. The minimum atomic E-state index is -3.20. The van der Waals surface area contributed by atoms with Crippen molar-refractivity contribution < 1.29 is 17.5 Å². The zero-order chi connectivity index (χ0) is 20.3. The van der Waals surface area contributed by atoms with E-state index in [0.29, 0.717) is 26.2 Å². The highest BCUT2D eigenvalue weighted by atomic mass is 32.2. The number of benzene rings is 1. The number of halogens is 1. The maximum atomic E-state index is 13.2. The normalized spacial score (nSPS) is 27.2. The Balaban J connectivity index is 1.65. The number of guanidine groups is 1. The zero-order valence-corrected chi connectivity index (χ0v) is 17.5. The summed E-state index contributed by atoms with van der Waals surface area (Å²) in [7, 11) is -1.48. The standard InChI is InChI=1S/C19H29FN4O3S/c1-14-12-23(13-18(27-14)15-6-8-16(20)9-7-15)19(21-2)22-11-17-5-4-10-24(17)28(3,25)26/h6-9,14,17-18H,4-5,10-13H2,1-3H3,(H,21,22)/t14?,17-,18?/m1/s1. The van der Waals surface area contributed by atoms with Gasteiger partial charge in [0.05, 0.1) is 18.9 Å². The van der Waals surface area contributed by atoms with Crippen molar-refractivity contribution >= 4 is 16.0 Å². The van der Waals surface area contributed by atoms with Crippen molar-refractivity contribution in [1.82, 2.24) is 14.5 Å². The summed E-state index contributed by atoms with van der Waals surface area (Å²) in [6.45, 7) is 4.37. The first-order chi connectivity index (χ1) is 13.3. The highest BCUT2D eigenvalue weighted by Gasteiger charge is 2.33. The van der Waals surface area contributed by atoms with Crippen LogP contribution < -0.4 is 5.32 Å². The van der Waals surface area contributed by atoms with E-state index >= 15 is 0 Å². The van der Waals surface area contributed by atoms with E-state index < -0.39 is 10.0 Å². The van der Waals surface area contributed by atoms with Gasteiger partial charge in [0.25, 0.3) is 0 Å². The monoisotopic (exact) mass is 412 g/mol. The van der Waals surface area contributed by atoms with Crippen LogP contribution >= 0.6 is 0 Å². The molecule has 2 heterocycles. The third kappa shape index (κ3) is 5.01. The molecule has 2 unspecified atom stereocenters. The van der Waals surface area contributed by atoms with Gasteiger partial charge in [0, 0.05) is 32.7 Å². The van der Waals surface area contributed by atoms with E-state index in [1.54, 1.807) is 23.5 Å². The van der Waals surface area contributed by atoms with Gasteiger partial charge >= 0.3 is 0 Å². The molecule has 0 aliphatic carbocycles. The number of rotatable bonds is 4. The molecule has 0 saturated carbocycles. The lowest BCUT2D eigenvalue weighted by molar-refractivity contribution is -0.0605. The number of hydrogen-bond acceptors (Lipinski definition) is 4. The van der Waals surface area contributed by atoms with E-state index in [1.165, 1.54) is 18.4 Å². The molecule has 3 rings (SSSR count). The fourth-order valence-corrected chi connectivity index (χ4v) is 5.16. The van der Waals surface area contributed by atoms with E-state index in [-0.39, 0.29) is 24.1 Å². The molecule has 28 heavy (non-hydrogen) atoms. The van der Waals surface area contributed by atoms with Crippen LogP contribution in [0.15, 0.2) is 29.3 Å². The summed E-state index contributed by atoms with van der Waals surface area (Å²) in [6, 6.07) is 6.31. The molecule has 2 saturated heterocycles. The van der Waals surface area contributed by atoms with Crippen molar-refractivity contribution in [1.29, 1.82) is 0 Å². The summed E-state index contributed by atoms with van der Waals surface area (Å²) in [5, 5.41) is 3.34. The van der Waals surface area contributed by atoms with Crippen LogP contribution in [-0.4, -0.2) is 75.2 Å². The third-order valence-corrected chi connectivity index (χ3v) is 6.59. The summed E-state index contributed by atoms with van der Waals surface area (Å²) in [5.74, 6) is 0.455. The molecule has 0 aromatic heterocycles. The van der Waals surface area contributed by atoms with Gasteiger partial charge in [-0.05, 0) is 37.5 Å². The van der Waals surface area contributed by atoms with Crippen molar-refractivity contribution in [2.24, 2.45) is 4.99 Å². The van der Waals surface area contributed by atoms with Gasteiger partial charge < -0.3 is 15.0 Å². The lowest BCUT2D eigenvalue weighted by Crippen LogP contribution is -2.53. The van der Waals surface area contributed by atoms with Gasteiger partial charge in [-0.3, -0.25) is 4.99 Å². The molecule has 1 N–H and O–H groups in total. The SMILES string of the molecule is CN=C(NC[C@H]1CCCN1S(C)(=O)=O)N1CC(C)OC(c2ccc(F)cc2)C1. The number of aliphatic imine (C=N–C) groups is 1. The first kappa shape index (κ1) is 21.0. The molecular formula is C19H29FN4O3S. The maximum absolute atomic E-state index is 13.2. The van der Waals surface area contributed by atoms with E-state index in [0.717, 1.165) is 24.4 Å². The molecule has 156 valence electrons. The van der Waals surface area contributed by atoms with Crippen LogP contribution in [0.1, 0.15) is 31.4 Å². The second-order valence-corrected chi connectivity index (χ2v) is 9.42. The van der Waals surface area contributed by atoms with Crippen LogP contribution in [-0.2, 0) is 14.8 Å². The van der Waals surface area contributed by atoms with Crippen LogP contribution in [0, 0.1) is 5.82 Å². The third-order valence-electron chi connectivity index (χ3n) is 5.26. The summed E-state index contributed by atoms with van der Waals surface area (Å²) in [6.07, 6.45) is 2.79. The number of nitrogens with one attached hydrogen (secondary N) is 1. The summed E-state index contributed by atoms with van der Waals surface area (Å²) >= 11 is 0. The first-order valence-electron chi connectivity index (χ1n) is 9.61. The van der Waals surface area contributed by atoms with Gasteiger partial charge in [0.2, 0.25) is 10.0 Å². The van der Waals surface area contributed by atoms with Crippen LogP contribution in [0.3, 0.4) is 0 Å². The average Bonchev–Trinajstić information content (AvgIpc) is 3.11. The smallest absolute Gasteiger partial charge is 0.211 e. The lowest BCUT2D eigenvalue weighted by Gasteiger charge is -2.39.